The number of halogens is 2. The Morgan fingerprint density at radius 1 is 1.17 bits per heavy atom. The van der Waals surface area contributed by atoms with E-state index in [2.05, 4.69) is 16.3 Å². The number of aromatic nitrogens is 1. The molecule has 9 heteroatoms. The van der Waals surface area contributed by atoms with Crippen LogP contribution in [-0.2, 0) is 20.5 Å². The summed E-state index contributed by atoms with van der Waals surface area (Å²) in [6.45, 7) is 6.92. The summed E-state index contributed by atoms with van der Waals surface area (Å²) in [4.78, 5) is 16.4. The van der Waals surface area contributed by atoms with Gasteiger partial charge >= 0.3 is 5.97 Å². The first-order chi connectivity index (χ1) is 13.8. The number of ether oxygens (including phenoxy) is 2. The van der Waals surface area contributed by atoms with E-state index in [1.54, 1.807) is 19.9 Å². The number of carbonyl (C=O) groups excluding carboxylic acids is 1. The largest absolute Gasteiger partial charge is 0.490 e. The minimum atomic E-state index is -2.02. The monoisotopic (exact) mass is 420 g/mol. The summed E-state index contributed by atoms with van der Waals surface area (Å²) in [5.41, 5.74) is 0.671. The van der Waals surface area contributed by atoms with Crippen molar-refractivity contribution in [2.45, 2.75) is 18.9 Å². The topological polar surface area (TPSA) is 77.5 Å². The van der Waals surface area contributed by atoms with E-state index in [0.717, 1.165) is 0 Å². The predicted octanol–water partition coefficient (Wildman–Crippen LogP) is 3.91. The molecule has 1 unspecified atom stereocenters. The molecule has 1 aromatic heterocycles. The average Bonchev–Trinajstić information content (AvgIpc) is 2.67. The highest BCUT2D eigenvalue weighted by Gasteiger charge is 2.20. The van der Waals surface area contributed by atoms with E-state index in [9.17, 15) is 17.8 Å². The van der Waals surface area contributed by atoms with Crippen LogP contribution in [0.25, 0.3) is 5.57 Å². The molecule has 1 aliphatic rings. The van der Waals surface area contributed by atoms with E-state index in [1.807, 2.05) is 0 Å². The van der Waals surface area contributed by atoms with Gasteiger partial charge in [0.05, 0.1) is 11.3 Å². The zero-order valence-electron chi connectivity index (χ0n) is 15.8. The van der Waals surface area contributed by atoms with Crippen LogP contribution in [0.5, 0.6) is 0 Å². The number of nitrogens with zero attached hydrogens (tertiary/aromatic N) is 1. The number of pyridine rings is 1. The first-order valence-corrected chi connectivity index (χ1v) is 9.77. The van der Waals surface area contributed by atoms with Crippen molar-refractivity contribution in [1.29, 1.82) is 0 Å². The van der Waals surface area contributed by atoms with Crippen molar-refractivity contribution in [3.05, 3.63) is 71.1 Å². The third-order valence-corrected chi connectivity index (χ3v) is 5.08. The van der Waals surface area contributed by atoms with Crippen LogP contribution >= 0.6 is 0 Å². The summed E-state index contributed by atoms with van der Waals surface area (Å²) in [7, 11) is -2.02. The van der Waals surface area contributed by atoms with Gasteiger partial charge in [-0.05, 0) is 32.0 Å². The maximum absolute atomic E-state index is 14.4. The number of benzene rings is 1. The van der Waals surface area contributed by atoms with Crippen molar-refractivity contribution in [1.82, 2.24) is 4.98 Å². The Labute approximate surface area is 168 Å². The summed E-state index contributed by atoms with van der Waals surface area (Å²) in [6.07, 6.45) is 1.55. The molecule has 0 aliphatic carbocycles. The van der Waals surface area contributed by atoms with Crippen molar-refractivity contribution < 1.29 is 27.3 Å². The fraction of sp³-hybridized carbons (Fsp3) is 0.200. The van der Waals surface area contributed by atoms with Crippen molar-refractivity contribution >= 4 is 28.2 Å². The maximum atomic E-state index is 14.4. The van der Waals surface area contributed by atoms with Gasteiger partial charge in [0, 0.05) is 22.9 Å². The highest BCUT2D eigenvalue weighted by atomic mass is 32.2. The molecule has 0 saturated carbocycles. The number of nitrogens with one attached hydrogen (secondary N) is 1. The molecule has 1 aliphatic heterocycles. The Kier molecular flexibility index (Phi) is 6.07. The van der Waals surface area contributed by atoms with Gasteiger partial charge in [-0.3, -0.25) is 4.72 Å². The van der Waals surface area contributed by atoms with E-state index in [4.69, 9.17) is 9.47 Å². The van der Waals surface area contributed by atoms with E-state index in [1.165, 1.54) is 18.2 Å². The molecule has 4 bridgehead atoms. The lowest BCUT2D eigenvalue weighted by atomic mass is 10.0. The normalized spacial score (nSPS) is 18.9. The highest BCUT2D eigenvalue weighted by Crippen LogP contribution is 2.30. The van der Waals surface area contributed by atoms with Crippen molar-refractivity contribution in [2.24, 2.45) is 0 Å². The van der Waals surface area contributed by atoms with Gasteiger partial charge in [0.2, 0.25) is 0 Å². The van der Waals surface area contributed by atoms with E-state index in [0.29, 0.717) is 11.8 Å². The smallest absolute Gasteiger partial charge is 0.338 e. The molecule has 152 valence electrons. The molecule has 6 nitrogen and oxygen atoms in total. The van der Waals surface area contributed by atoms with Gasteiger partial charge in [-0.25, -0.2) is 22.8 Å². The van der Waals surface area contributed by atoms with Gasteiger partial charge in [0.25, 0.3) is 0 Å². The molecule has 1 N–H and O–H groups in total. The maximum Gasteiger partial charge on any atom is 0.338 e. The molecule has 0 fully saturated rings. The number of cyclic esters (lactones) is 1. The minimum Gasteiger partial charge on any atom is -0.490 e. The van der Waals surface area contributed by atoms with Crippen LogP contribution in [0.15, 0.2) is 47.7 Å². The average molecular weight is 420 g/mol. The van der Waals surface area contributed by atoms with Gasteiger partial charge in [-0.2, -0.15) is 0 Å². The molecule has 1 atom stereocenters. The molecule has 2 aromatic rings. The summed E-state index contributed by atoms with van der Waals surface area (Å²) in [6, 6.07) is 4.64. The third-order valence-electron chi connectivity index (χ3n) is 4.09. The number of allylic oxidation sites excluding steroid dienone is 2. The number of aryl methyl sites for hydroxylation is 1. The quantitative estimate of drug-likeness (QED) is 0.654. The van der Waals surface area contributed by atoms with E-state index >= 15 is 0 Å². The number of hydrogen-bond acceptors (Lipinski definition) is 5. The fourth-order valence-electron chi connectivity index (χ4n) is 2.76. The van der Waals surface area contributed by atoms with Crippen LogP contribution in [0, 0.1) is 18.6 Å². The summed E-state index contributed by atoms with van der Waals surface area (Å²) < 4.78 is 54.5. The van der Waals surface area contributed by atoms with E-state index < -0.39 is 28.6 Å². The van der Waals surface area contributed by atoms with Crippen molar-refractivity contribution in [3.63, 3.8) is 0 Å². The van der Waals surface area contributed by atoms with Crippen LogP contribution in [-0.4, -0.2) is 28.4 Å². The summed E-state index contributed by atoms with van der Waals surface area (Å²) in [5, 5.41) is 0.00372. The van der Waals surface area contributed by atoms with Crippen LogP contribution < -0.4 is 4.72 Å². The van der Waals surface area contributed by atoms with Gasteiger partial charge in [-0.1, -0.05) is 12.7 Å². The lowest BCUT2D eigenvalue weighted by molar-refractivity contribution is 0.0409. The molecular formula is C20H18F2N2O4S. The molecule has 29 heavy (non-hydrogen) atoms. The minimum absolute atomic E-state index is 0.00372. The zero-order chi connectivity index (χ0) is 21.1. The number of rotatable bonds is 0. The second-order valence-electron chi connectivity index (χ2n) is 6.13. The third kappa shape index (κ3) is 4.51. The first-order valence-electron chi connectivity index (χ1n) is 8.62. The standard InChI is InChI=1S/C20H18F2N2O4S/c1-4-14-12(3)27-5-6-28-20(25)13-7-11(2)23-19(8-13)29(26)24-18-9-15(14)16(21)10-17(18)22/h4,7-10,24H,3,5-6H2,1-2H3/b14-4+. The van der Waals surface area contributed by atoms with Gasteiger partial charge in [-0.15, -0.1) is 0 Å². The number of esters is 1. The second-order valence-corrected chi connectivity index (χ2v) is 7.29. The second kappa shape index (κ2) is 8.52. The lowest BCUT2D eigenvalue weighted by Gasteiger charge is -2.15. The highest BCUT2D eigenvalue weighted by molar-refractivity contribution is 7.86. The van der Waals surface area contributed by atoms with Gasteiger partial charge in [0.1, 0.15) is 35.6 Å². The van der Waals surface area contributed by atoms with Crippen LogP contribution in [0.4, 0.5) is 14.5 Å². The van der Waals surface area contributed by atoms with Crippen molar-refractivity contribution in [3.8, 4) is 0 Å². The number of fused-ring (bicyclic) bond motifs is 4. The lowest BCUT2D eigenvalue weighted by Crippen LogP contribution is -2.13. The Morgan fingerprint density at radius 2 is 1.90 bits per heavy atom. The summed E-state index contributed by atoms with van der Waals surface area (Å²) >= 11 is 0. The first kappa shape index (κ1) is 20.7. The number of hydrogen-bond donors (Lipinski definition) is 1. The fourth-order valence-corrected chi connectivity index (χ4v) is 3.69. The van der Waals surface area contributed by atoms with Crippen LogP contribution in [0.2, 0.25) is 0 Å². The Balaban J connectivity index is 2.12. The molecule has 0 radical (unpaired) electrons. The van der Waals surface area contributed by atoms with Crippen LogP contribution in [0.3, 0.4) is 0 Å². The molecule has 2 heterocycles. The molecule has 3 rings (SSSR count). The van der Waals surface area contributed by atoms with Crippen molar-refractivity contribution in [2.75, 3.05) is 17.9 Å². The molecular weight excluding hydrogens is 402 g/mol. The zero-order valence-corrected chi connectivity index (χ0v) is 16.6. The molecule has 1 aromatic carbocycles. The summed E-state index contributed by atoms with van der Waals surface area (Å²) in [5.74, 6) is -2.29. The Bertz CT molecular complexity index is 1050. The van der Waals surface area contributed by atoms with Gasteiger partial charge in [0.15, 0.2) is 11.0 Å². The predicted molar refractivity (Wildman–Crippen MR) is 104 cm³/mol. The van der Waals surface area contributed by atoms with E-state index in [-0.39, 0.29) is 46.4 Å². The SMILES string of the molecule is C=C1OCCOC(=O)c2cc(C)nc(c2)S(=O)Nc2cc(c(F)cc2F)/C1=C/C. The van der Waals surface area contributed by atoms with Crippen LogP contribution in [0.1, 0.15) is 28.5 Å². The Hall–Kier alpha value is -3.07. The number of carbonyl (C=O) groups is 1. The molecule has 0 saturated heterocycles. The Morgan fingerprint density at radius 3 is 2.62 bits per heavy atom. The molecule has 0 spiro atoms. The van der Waals surface area contributed by atoms with Gasteiger partial charge < -0.3 is 9.47 Å². The number of anilines is 1. The molecule has 0 amide bonds.